The standard InChI is InChI=1S/C15H16O7/c1-2-20-14-12(18)9-5-3-6-10(13(9)22-15(14)19)21-8-4-7-11(16)17/h3,5-6,18H,2,4,7-8H2,1H3,(H,16,17). The summed E-state index contributed by atoms with van der Waals surface area (Å²) in [5.74, 6) is -1.19. The smallest absolute Gasteiger partial charge is 0.383 e. The summed E-state index contributed by atoms with van der Waals surface area (Å²) in [6.07, 6.45) is 0.299. The molecule has 2 N–H and O–H groups in total. The van der Waals surface area contributed by atoms with Crippen molar-refractivity contribution in [3.05, 3.63) is 28.6 Å². The van der Waals surface area contributed by atoms with Crippen LogP contribution in [0.3, 0.4) is 0 Å². The fourth-order valence-corrected chi connectivity index (χ4v) is 1.96. The van der Waals surface area contributed by atoms with E-state index < -0.39 is 11.6 Å². The van der Waals surface area contributed by atoms with Crippen LogP contribution >= 0.6 is 0 Å². The van der Waals surface area contributed by atoms with Crippen LogP contribution in [0.15, 0.2) is 27.4 Å². The summed E-state index contributed by atoms with van der Waals surface area (Å²) in [5, 5.41) is 19.0. The monoisotopic (exact) mass is 308 g/mol. The molecule has 0 amide bonds. The van der Waals surface area contributed by atoms with E-state index in [9.17, 15) is 14.7 Å². The van der Waals surface area contributed by atoms with Crippen molar-refractivity contribution in [2.24, 2.45) is 0 Å². The number of carboxylic acid groups (broad SMARTS) is 1. The Balaban J connectivity index is 2.33. The van der Waals surface area contributed by atoms with Crippen LogP contribution in [0.4, 0.5) is 0 Å². The summed E-state index contributed by atoms with van der Waals surface area (Å²) in [6, 6.07) is 4.77. The number of carbonyl (C=O) groups is 1. The van der Waals surface area contributed by atoms with Crippen LogP contribution in [0.2, 0.25) is 0 Å². The molecule has 0 spiro atoms. The Morgan fingerprint density at radius 1 is 1.32 bits per heavy atom. The van der Waals surface area contributed by atoms with E-state index in [1.165, 1.54) is 0 Å². The average molecular weight is 308 g/mol. The first-order valence-corrected chi connectivity index (χ1v) is 6.80. The lowest BCUT2D eigenvalue weighted by Crippen LogP contribution is -2.08. The van der Waals surface area contributed by atoms with Crippen molar-refractivity contribution in [2.45, 2.75) is 19.8 Å². The van der Waals surface area contributed by atoms with Crippen molar-refractivity contribution in [3.8, 4) is 17.2 Å². The fourth-order valence-electron chi connectivity index (χ4n) is 1.96. The number of aliphatic carboxylic acids is 1. The van der Waals surface area contributed by atoms with E-state index >= 15 is 0 Å². The Bertz CT molecular complexity index is 732. The van der Waals surface area contributed by atoms with Crippen LogP contribution in [-0.4, -0.2) is 29.4 Å². The average Bonchev–Trinajstić information content (AvgIpc) is 2.48. The third-order valence-corrected chi connectivity index (χ3v) is 2.91. The minimum Gasteiger partial charge on any atom is -0.504 e. The highest BCUT2D eigenvalue weighted by Gasteiger charge is 2.17. The fraction of sp³-hybridized carbons (Fsp3) is 0.333. The highest BCUT2D eigenvalue weighted by Crippen LogP contribution is 2.35. The highest BCUT2D eigenvalue weighted by molar-refractivity contribution is 5.89. The molecule has 0 saturated carbocycles. The topological polar surface area (TPSA) is 106 Å². The largest absolute Gasteiger partial charge is 0.504 e. The van der Waals surface area contributed by atoms with Crippen molar-refractivity contribution in [1.82, 2.24) is 0 Å². The van der Waals surface area contributed by atoms with Crippen LogP contribution in [0, 0.1) is 0 Å². The number of para-hydroxylation sites is 1. The molecule has 0 aliphatic carbocycles. The third kappa shape index (κ3) is 3.30. The maximum Gasteiger partial charge on any atom is 0.383 e. The third-order valence-electron chi connectivity index (χ3n) is 2.91. The van der Waals surface area contributed by atoms with Crippen molar-refractivity contribution in [1.29, 1.82) is 0 Å². The molecule has 22 heavy (non-hydrogen) atoms. The first kappa shape index (κ1) is 15.7. The number of rotatable bonds is 7. The van der Waals surface area contributed by atoms with Gasteiger partial charge in [-0.15, -0.1) is 0 Å². The molecule has 7 heteroatoms. The van der Waals surface area contributed by atoms with Gasteiger partial charge in [0.2, 0.25) is 5.75 Å². The molecule has 1 aromatic carbocycles. The zero-order valence-electron chi connectivity index (χ0n) is 12.0. The minimum atomic E-state index is -0.910. The van der Waals surface area contributed by atoms with Crippen molar-refractivity contribution >= 4 is 16.9 Å². The Labute approximate surface area is 125 Å². The van der Waals surface area contributed by atoms with Gasteiger partial charge < -0.3 is 24.1 Å². The molecular formula is C15H16O7. The SMILES string of the molecule is CCOc1c(O)c2cccc(OCCCC(=O)O)c2oc1=O. The van der Waals surface area contributed by atoms with Crippen LogP contribution in [-0.2, 0) is 4.79 Å². The van der Waals surface area contributed by atoms with E-state index in [4.69, 9.17) is 19.0 Å². The Morgan fingerprint density at radius 2 is 2.09 bits per heavy atom. The molecule has 0 bridgehead atoms. The summed E-state index contributed by atoms with van der Waals surface area (Å²) in [7, 11) is 0. The Morgan fingerprint density at radius 3 is 2.77 bits per heavy atom. The van der Waals surface area contributed by atoms with Gasteiger partial charge in [-0.1, -0.05) is 6.07 Å². The lowest BCUT2D eigenvalue weighted by molar-refractivity contribution is -0.137. The van der Waals surface area contributed by atoms with Gasteiger partial charge in [0.1, 0.15) is 0 Å². The normalized spacial score (nSPS) is 10.6. The van der Waals surface area contributed by atoms with Crippen molar-refractivity contribution in [2.75, 3.05) is 13.2 Å². The summed E-state index contributed by atoms with van der Waals surface area (Å²) < 4.78 is 15.7. The predicted octanol–water partition coefficient (Wildman–Crippen LogP) is 2.14. The van der Waals surface area contributed by atoms with Gasteiger partial charge in [-0.3, -0.25) is 4.79 Å². The molecule has 118 valence electrons. The number of fused-ring (bicyclic) bond motifs is 1. The van der Waals surface area contributed by atoms with Gasteiger partial charge in [0.05, 0.1) is 18.6 Å². The quantitative estimate of drug-likeness (QED) is 0.596. The van der Waals surface area contributed by atoms with Crippen LogP contribution in [0.25, 0.3) is 11.0 Å². The number of ether oxygens (including phenoxy) is 2. The molecule has 0 radical (unpaired) electrons. The van der Waals surface area contributed by atoms with E-state index in [-0.39, 0.29) is 42.5 Å². The molecule has 2 rings (SSSR count). The van der Waals surface area contributed by atoms with E-state index in [0.717, 1.165) is 0 Å². The second-order valence-electron chi connectivity index (χ2n) is 4.48. The van der Waals surface area contributed by atoms with Gasteiger partial charge in [0.15, 0.2) is 17.1 Å². The van der Waals surface area contributed by atoms with E-state index in [1.54, 1.807) is 25.1 Å². The van der Waals surface area contributed by atoms with Gasteiger partial charge in [0.25, 0.3) is 0 Å². The van der Waals surface area contributed by atoms with Crippen molar-refractivity contribution < 1.29 is 28.9 Å². The molecule has 1 heterocycles. The second kappa shape index (κ2) is 6.84. The molecule has 1 aromatic heterocycles. The van der Waals surface area contributed by atoms with Crippen molar-refractivity contribution in [3.63, 3.8) is 0 Å². The first-order chi connectivity index (χ1) is 10.5. The number of benzene rings is 1. The van der Waals surface area contributed by atoms with Crippen LogP contribution in [0.1, 0.15) is 19.8 Å². The summed E-state index contributed by atoms with van der Waals surface area (Å²) in [5.41, 5.74) is -0.697. The maximum absolute atomic E-state index is 11.8. The molecule has 0 saturated heterocycles. The maximum atomic E-state index is 11.8. The second-order valence-corrected chi connectivity index (χ2v) is 4.48. The molecule has 0 unspecified atom stereocenters. The molecule has 0 fully saturated rings. The first-order valence-electron chi connectivity index (χ1n) is 6.80. The zero-order valence-corrected chi connectivity index (χ0v) is 12.0. The Kier molecular flexibility index (Phi) is 4.88. The molecule has 7 nitrogen and oxygen atoms in total. The van der Waals surface area contributed by atoms with Crippen LogP contribution in [0.5, 0.6) is 17.2 Å². The number of hydrogen-bond donors (Lipinski definition) is 2. The molecular weight excluding hydrogens is 292 g/mol. The molecule has 0 aliphatic rings. The summed E-state index contributed by atoms with van der Waals surface area (Å²) in [6.45, 7) is 2.06. The number of carboxylic acids is 1. The van der Waals surface area contributed by atoms with Crippen LogP contribution < -0.4 is 15.1 Å². The van der Waals surface area contributed by atoms with Gasteiger partial charge in [0, 0.05) is 6.42 Å². The Hall–Kier alpha value is -2.70. The van der Waals surface area contributed by atoms with Gasteiger partial charge in [-0.05, 0) is 25.5 Å². The van der Waals surface area contributed by atoms with Gasteiger partial charge in [-0.25, -0.2) is 4.79 Å². The molecule has 2 aromatic rings. The lowest BCUT2D eigenvalue weighted by atomic mass is 10.2. The number of aromatic hydroxyl groups is 1. The van der Waals surface area contributed by atoms with Gasteiger partial charge in [-0.2, -0.15) is 0 Å². The molecule has 0 aliphatic heterocycles. The minimum absolute atomic E-state index is 0.0194. The van der Waals surface area contributed by atoms with E-state index in [2.05, 4.69) is 0 Å². The summed E-state index contributed by atoms with van der Waals surface area (Å²) in [4.78, 5) is 22.3. The van der Waals surface area contributed by atoms with E-state index in [1.807, 2.05) is 0 Å². The lowest BCUT2D eigenvalue weighted by Gasteiger charge is -2.10. The highest BCUT2D eigenvalue weighted by atomic mass is 16.5. The zero-order chi connectivity index (χ0) is 16.1. The molecule has 0 atom stereocenters. The summed E-state index contributed by atoms with van der Waals surface area (Å²) >= 11 is 0. The van der Waals surface area contributed by atoms with E-state index in [0.29, 0.717) is 11.8 Å². The predicted molar refractivity (Wildman–Crippen MR) is 77.7 cm³/mol. The van der Waals surface area contributed by atoms with Gasteiger partial charge >= 0.3 is 11.6 Å². The number of hydrogen-bond acceptors (Lipinski definition) is 6.